The van der Waals surface area contributed by atoms with Gasteiger partial charge in [-0.25, -0.2) is 4.98 Å². The first-order valence-electron chi connectivity index (χ1n) is 5.76. The Bertz CT molecular complexity index is 659. The molecule has 0 aliphatic carbocycles. The van der Waals surface area contributed by atoms with Crippen LogP contribution in [0.4, 0.5) is 0 Å². The van der Waals surface area contributed by atoms with E-state index in [9.17, 15) is 0 Å². The van der Waals surface area contributed by atoms with Crippen molar-refractivity contribution in [3.63, 3.8) is 0 Å². The molecule has 3 heteroatoms. The number of nitrogens with zero attached hydrogens (tertiary/aromatic N) is 2. The molecule has 0 N–H and O–H groups in total. The number of thiazole rings is 1. The Morgan fingerprint density at radius 3 is 2.72 bits per heavy atom. The second kappa shape index (κ2) is 4.70. The second-order valence-corrected chi connectivity index (χ2v) is 4.95. The van der Waals surface area contributed by atoms with E-state index in [1.54, 1.807) is 17.5 Å². The third-order valence-corrected chi connectivity index (χ3v) is 3.71. The maximum absolute atomic E-state index is 4.69. The molecule has 2 nitrogen and oxygen atoms in total. The summed E-state index contributed by atoms with van der Waals surface area (Å²) in [6.07, 6.45) is 3.62. The highest BCUT2D eigenvalue weighted by Crippen LogP contribution is 2.30. The van der Waals surface area contributed by atoms with Gasteiger partial charge in [-0.3, -0.25) is 4.98 Å². The smallest absolute Gasteiger partial charge is 0.124 e. The van der Waals surface area contributed by atoms with Crippen molar-refractivity contribution < 1.29 is 0 Å². The summed E-state index contributed by atoms with van der Waals surface area (Å²) in [5, 5.41) is 3.14. The molecule has 0 aliphatic heterocycles. The van der Waals surface area contributed by atoms with Crippen molar-refractivity contribution in [2.45, 2.75) is 6.92 Å². The van der Waals surface area contributed by atoms with Crippen LogP contribution < -0.4 is 0 Å². The molecular weight excluding hydrogens is 240 g/mol. The lowest BCUT2D eigenvalue weighted by Crippen LogP contribution is -1.83. The number of hydrogen-bond donors (Lipinski definition) is 0. The first-order valence-corrected chi connectivity index (χ1v) is 6.64. The summed E-state index contributed by atoms with van der Waals surface area (Å²) in [4.78, 5) is 8.82. The zero-order valence-corrected chi connectivity index (χ0v) is 10.8. The standard InChI is InChI=1S/C15H12N2S/c1-11-5-2-3-7-13(11)15-17-14(10-18-15)12-6-4-8-16-9-12/h2-10H,1H3. The van der Waals surface area contributed by atoms with Crippen LogP contribution in [0.1, 0.15) is 5.56 Å². The van der Waals surface area contributed by atoms with Gasteiger partial charge in [-0.15, -0.1) is 11.3 Å². The summed E-state index contributed by atoms with van der Waals surface area (Å²) in [6, 6.07) is 12.3. The Morgan fingerprint density at radius 2 is 1.94 bits per heavy atom. The molecule has 0 saturated carbocycles. The lowest BCUT2D eigenvalue weighted by molar-refractivity contribution is 1.30. The molecule has 0 bridgehead atoms. The summed E-state index contributed by atoms with van der Waals surface area (Å²) >= 11 is 1.67. The Hall–Kier alpha value is -2.00. The second-order valence-electron chi connectivity index (χ2n) is 4.09. The monoisotopic (exact) mass is 252 g/mol. The number of pyridine rings is 1. The zero-order valence-electron chi connectivity index (χ0n) is 10.00. The fourth-order valence-electron chi connectivity index (χ4n) is 1.86. The summed E-state index contributed by atoms with van der Waals surface area (Å²) in [5.74, 6) is 0. The minimum atomic E-state index is 0.992. The van der Waals surface area contributed by atoms with Gasteiger partial charge in [0.05, 0.1) is 5.69 Å². The van der Waals surface area contributed by atoms with Gasteiger partial charge in [0, 0.05) is 28.9 Å². The van der Waals surface area contributed by atoms with Crippen LogP contribution in [0, 0.1) is 6.92 Å². The summed E-state index contributed by atoms with van der Waals surface area (Å²) in [5.41, 5.74) is 4.52. The zero-order chi connectivity index (χ0) is 12.4. The molecule has 0 atom stereocenters. The molecule has 3 aromatic rings. The van der Waals surface area contributed by atoms with Gasteiger partial charge in [-0.05, 0) is 24.6 Å². The summed E-state index contributed by atoms with van der Waals surface area (Å²) in [7, 11) is 0. The molecule has 0 saturated heterocycles. The maximum atomic E-state index is 4.69. The van der Waals surface area contributed by atoms with E-state index >= 15 is 0 Å². The van der Waals surface area contributed by atoms with Crippen molar-refractivity contribution in [3.05, 3.63) is 59.7 Å². The largest absolute Gasteiger partial charge is 0.264 e. The number of aryl methyl sites for hydroxylation is 1. The molecule has 0 fully saturated rings. The molecule has 0 spiro atoms. The van der Waals surface area contributed by atoms with E-state index in [0.29, 0.717) is 0 Å². The topological polar surface area (TPSA) is 25.8 Å². The predicted octanol–water partition coefficient (Wildman–Crippen LogP) is 4.18. The molecule has 18 heavy (non-hydrogen) atoms. The fraction of sp³-hybridized carbons (Fsp3) is 0.0667. The van der Waals surface area contributed by atoms with Crippen LogP contribution >= 0.6 is 11.3 Å². The van der Waals surface area contributed by atoms with E-state index in [-0.39, 0.29) is 0 Å². The van der Waals surface area contributed by atoms with Gasteiger partial charge in [0.25, 0.3) is 0 Å². The SMILES string of the molecule is Cc1ccccc1-c1nc(-c2cccnc2)cs1. The summed E-state index contributed by atoms with van der Waals surface area (Å²) < 4.78 is 0. The molecule has 2 heterocycles. The highest BCUT2D eigenvalue weighted by atomic mass is 32.1. The summed E-state index contributed by atoms with van der Waals surface area (Å²) in [6.45, 7) is 2.11. The van der Waals surface area contributed by atoms with E-state index in [1.165, 1.54) is 11.1 Å². The Balaban J connectivity index is 2.03. The number of hydrogen-bond acceptors (Lipinski definition) is 3. The molecule has 2 aromatic heterocycles. The van der Waals surface area contributed by atoms with Crippen LogP contribution in [0.2, 0.25) is 0 Å². The molecule has 88 valence electrons. The lowest BCUT2D eigenvalue weighted by atomic mass is 10.1. The minimum absolute atomic E-state index is 0.992. The molecule has 0 radical (unpaired) electrons. The molecule has 1 aromatic carbocycles. The normalized spacial score (nSPS) is 10.5. The van der Waals surface area contributed by atoms with Crippen LogP contribution in [0.5, 0.6) is 0 Å². The molecule has 0 aliphatic rings. The first kappa shape index (κ1) is 11.1. The highest BCUT2D eigenvalue weighted by Gasteiger charge is 2.08. The fourth-order valence-corrected chi connectivity index (χ4v) is 2.78. The Labute approximate surface area is 110 Å². The maximum Gasteiger partial charge on any atom is 0.124 e. The Kier molecular flexibility index (Phi) is 2.90. The van der Waals surface area contributed by atoms with Gasteiger partial charge in [-0.1, -0.05) is 24.3 Å². The van der Waals surface area contributed by atoms with E-state index in [2.05, 4.69) is 35.5 Å². The van der Waals surface area contributed by atoms with Crippen LogP contribution in [-0.2, 0) is 0 Å². The van der Waals surface area contributed by atoms with Gasteiger partial charge in [0.1, 0.15) is 5.01 Å². The molecule has 0 unspecified atom stereocenters. The van der Waals surface area contributed by atoms with E-state index in [0.717, 1.165) is 16.3 Å². The first-order chi connectivity index (χ1) is 8.84. The molecule has 0 amide bonds. The quantitative estimate of drug-likeness (QED) is 0.683. The molecule has 3 rings (SSSR count). The number of benzene rings is 1. The van der Waals surface area contributed by atoms with E-state index in [1.807, 2.05) is 24.4 Å². The van der Waals surface area contributed by atoms with Crippen molar-refractivity contribution in [3.8, 4) is 21.8 Å². The van der Waals surface area contributed by atoms with Crippen molar-refractivity contribution in [1.29, 1.82) is 0 Å². The van der Waals surface area contributed by atoms with E-state index in [4.69, 9.17) is 4.98 Å². The third-order valence-electron chi connectivity index (χ3n) is 2.84. The van der Waals surface area contributed by atoms with Crippen molar-refractivity contribution in [2.75, 3.05) is 0 Å². The van der Waals surface area contributed by atoms with Gasteiger partial charge in [0.15, 0.2) is 0 Å². The van der Waals surface area contributed by atoms with Gasteiger partial charge >= 0.3 is 0 Å². The van der Waals surface area contributed by atoms with Gasteiger partial charge in [-0.2, -0.15) is 0 Å². The van der Waals surface area contributed by atoms with Gasteiger partial charge in [0.2, 0.25) is 0 Å². The van der Waals surface area contributed by atoms with Gasteiger partial charge < -0.3 is 0 Å². The van der Waals surface area contributed by atoms with E-state index < -0.39 is 0 Å². The Morgan fingerprint density at radius 1 is 1.06 bits per heavy atom. The van der Waals surface area contributed by atoms with Crippen LogP contribution in [0.15, 0.2) is 54.2 Å². The number of rotatable bonds is 2. The predicted molar refractivity (Wildman–Crippen MR) is 75.5 cm³/mol. The third kappa shape index (κ3) is 2.05. The average molecular weight is 252 g/mol. The van der Waals surface area contributed by atoms with Crippen LogP contribution in [0.25, 0.3) is 21.8 Å². The van der Waals surface area contributed by atoms with Crippen LogP contribution in [-0.4, -0.2) is 9.97 Å². The van der Waals surface area contributed by atoms with Crippen molar-refractivity contribution in [1.82, 2.24) is 9.97 Å². The number of aromatic nitrogens is 2. The minimum Gasteiger partial charge on any atom is -0.264 e. The van der Waals surface area contributed by atoms with Crippen molar-refractivity contribution in [2.24, 2.45) is 0 Å². The molecular formula is C15H12N2S. The van der Waals surface area contributed by atoms with Crippen LogP contribution in [0.3, 0.4) is 0 Å². The lowest BCUT2D eigenvalue weighted by Gasteiger charge is -2.00. The highest BCUT2D eigenvalue weighted by molar-refractivity contribution is 7.13. The average Bonchev–Trinajstić information content (AvgIpc) is 2.90. The van der Waals surface area contributed by atoms with Crippen molar-refractivity contribution >= 4 is 11.3 Å².